The van der Waals surface area contributed by atoms with Gasteiger partial charge >= 0.3 is 0 Å². The molecule has 0 aromatic rings. The Morgan fingerprint density at radius 2 is 1.43 bits per heavy atom. The van der Waals surface area contributed by atoms with E-state index < -0.39 is 10.8 Å². The zero-order chi connectivity index (χ0) is 17.5. The fourth-order valence-corrected chi connectivity index (χ4v) is 4.30. The predicted molar refractivity (Wildman–Crippen MR) is 85.0 cm³/mol. The molecule has 5 heteroatoms. The van der Waals surface area contributed by atoms with Gasteiger partial charge in [-0.05, 0) is 19.3 Å². The van der Waals surface area contributed by atoms with Gasteiger partial charge in [0.25, 0.3) is 0 Å². The Labute approximate surface area is 139 Å². The second-order valence-electron chi connectivity index (χ2n) is 6.43. The van der Waals surface area contributed by atoms with E-state index in [1.807, 2.05) is 19.2 Å². The number of rotatable bonds is 7. The molecule has 1 rings (SSSR count). The number of hydrogen-bond donors (Lipinski definition) is 1. The first-order valence-corrected chi connectivity index (χ1v) is 8.57. The van der Waals surface area contributed by atoms with E-state index >= 15 is 0 Å². The molecule has 122 valence electrons. The Balaban J connectivity index is 3.49. The average molecular weight is 312 g/mol. The van der Waals surface area contributed by atoms with Crippen molar-refractivity contribution in [3.8, 4) is 24.3 Å². The summed E-state index contributed by atoms with van der Waals surface area (Å²) in [5, 5.41) is 41.4. The monoisotopic (exact) mass is 312 g/mol. The van der Waals surface area contributed by atoms with Crippen LogP contribution in [0.1, 0.15) is 52.9 Å². The Morgan fingerprint density at radius 3 is 1.83 bits per heavy atom. The van der Waals surface area contributed by atoms with Gasteiger partial charge in [0.15, 0.2) is 5.41 Å². The molecule has 0 aromatic heterocycles. The molecule has 1 fully saturated rings. The molecule has 1 aliphatic rings. The van der Waals surface area contributed by atoms with Crippen LogP contribution in [0.15, 0.2) is 0 Å². The maximum Gasteiger partial charge on any atom is 0.226 e. The van der Waals surface area contributed by atoms with Gasteiger partial charge in [0.1, 0.15) is 6.04 Å². The lowest BCUT2D eigenvalue weighted by molar-refractivity contribution is -0.702. The highest BCUT2D eigenvalue weighted by atomic mass is 15.0. The lowest BCUT2D eigenvalue weighted by atomic mass is 9.63. The normalized spacial score (nSPS) is 27.3. The number of nitrogens with zero attached hydrogens (tertiary/aromatic N) is 4. The second kappa shape index (κ2) is 7.97. The van der Waals surface area contributed by atoms with Crippen molar-refractivity contribution in [2.24, 2.45) is 22.7 Å². The molecule has 3 atom stereocenters. The maximum atomic E-state index is 9.85. The minimum absolute atomic E-state index is 0.0328. The summed E-state index contributed by atoms with van der Waals surface area (Å²) in [7, 11) is 0. The minimum Gasteiger partial charge on any atom is -0.341 e. The number of nitriles is 4. The van der Waals surface area contributed by atoms with Gasteiger partial charge in [0.2, 0.25) is 5.41 Å². The molecule has 0 heterocycles. The number of unbranched alkanes of at least 4 members (excludes halogenated alkanes) is 1. The fourth-order valence-electron chi connectivity index (χ4n) is 4.30. The molecule has 0 radical (unpaired) electrons. The quantitative estimate of drug-likeness (QED) is 0.726. The third-order valence-corrected chi connectivity index (χ3v) is 5.41. The Kier molecular flexibility index (Phi) is 6.57. The third kappa shape index (κ3) is 2.67. The van der Waals surface area contributed by atoms with E-state index in [2.05, 4.69) is 31.2 Å². The van der Waals surface area contributed by atoms with Crippen LogP contribution in [0.3, 0.4) is 0 Å². The van der Waals surface area contributed by atoms with Gasteiger partial charge in [-0.1, -0.05) is 33.6 Å². The minimum atomic E-state index is -1.56. The van der Waals surface area contributed by atoms with E-state index in [-0.39, 0.29) is 17.9 Å². The molecular formula is C18H26N5+. The Morgan fingerprint density at radius 1 is 0.870 bits per heavy atom. The summed E-state index contributed by atoms with van der Waals surface area (Å²) < 4.78 is 0. The summed E-state index contributed by atoms with van der Waals surface area (Å²) >= 11 is 0. The maximum absolute atomic E-state index is 9.85. The molecule has 2 N–H and O–H groups in total. The van der Waals surface area contributed by atoms with E-state index in [0.717, 1.165) is 32.2 Å². The summed E-state index contributed by atoms with van der Waals surface area (Å²) in [6.07, 6.45) is 4.33. The summed E-state index contributed by atoms with van der Waals surface area (Å²) in [5.41, 5.74) is -3.11. The first kappa shape index (κ1) is 19.0. The molecule has 0 bridgehead atoms. The van der Waals surface area contributed by atoms with Gasteiger partial charge in [-0.15, -0.1) is 0 Å². The molecule has 0 unspecified atom stereocenters. The molecule has 0 spiro atoms. The van der Waals surface area contributed by atoms with Crippen molar-refractivity contribution >= 4 is 0 Å². The van der Waals surface area contributed by atoms with Gasteiger partial charge in [0.05, 0.1) is 30.8 Å². The van der Waals surface area contributed by atoms with E-state index in [4.69, 9.17) is 0 Å². The average Bonchev–Trinajstić information content (AvgIpc) is 2.81. The van der Waals surface area contributed by atoms with Crippen LogP contribution in [-0.2, 0) is 0 Å². The van der Waals surface area contributed by atoms with Gasteiger partial charge < -0.3 is 5.32 Å². The van der Waals surface area contributed by atoms with Gasteiger partial charge in [-0.2, -0.15) is 21.0 Å². The van der Waals surface area contributed by atoms with Crippen molar-refractivity contribution in [2.75, 3.05) is 6.54 Å². The van der Waals surface area contributed by atoms with Crippen LogP contribution < -0.4 is 5.32 Å². The van der Waals surface area contributed by atoms with Crippen LogP contribution in [0, 0.1) is 68.0 Å². The Hall–Kier alpha value is -2.08. The zero-order valence-electron chi connectivity index (χ0n) is 14.3. The summed E-state index contributed by atoms with van der Waals surface area (Å²) in [6.45, 7) is 6.95. The van der Waals surface area contributed by atoms with Gasteiger partial charge in [0, 0.05) is 11.8 Å². The first-order valence-electron chi connectivity index (χ1n) is 8.57. The molecule has 0 amide bonds. The highest BCUT2D eigenvalue weighted by Gasteiger charge is 2.73. The molecule has 0 aromatic carbocycles. The van der Waals surface area contributed by atoms with Crippen LogP contribution in [0.4, 0.5) is 0 Å². The van der Waals surface area contributed by atoms with Crippen molar-refractivity contribution in [1.29, 1.82) is 21.0 Å². The smallest absolute Gasteiger partial charge is 0.226 e. The predicted octanol–water partition coefficient (Wildman–Crippen LogP) is 2.24. The molecule has 0 saturated heterocycles. The standard InChI is InChI=1S/C18H25N5/c1-4-7-9-23-16-14(6-3)15(8-5-2)17(10-19,11-20)18(16,12-21)13-22/h14-16,23H,4-9H2,1-3H3/p+1/t14-,15+,16+/m1/s1. The van der Waals surface area contributed by atoms with Crippen molar-refractivity contribution < 1.29 is 5.32 Å². The molecule has 5 nitrogen and oxygen atoms in total. The second-order valence-corrected chi connectivity index (χ2v) is 6.43. The third-order valence-electron chi connectivity index (χ3n) is 5.41. The molecule has 23 heavy (non-hydrogen) atoms. The van der Waals surface area contributed by atoms with Crippen LogP contribution in [0.25, 0.3) is 0 Å². The lowest BCUT2D eigenvalue weighted by Crippen LogP contribution is -2.94. The zero-order valence-corrected chi connectivity index (χ0v) is 14.3. The largest absolute Gasteiger partial charge is 0.341 e. The van der Waals surface area contributed by atoms with Crippen LogP contribution in [0.5, 0.6) is 0 Å². The van der Waals surface area contributed by atoms with Gasteiger partial charge in [-0.3, -0.25) is 0 Å². The highest BCUT2D eigenvalue weighted by Crippen LogP contribution is 2.59. The molecule has 1 aliphatic carbocycles. The van der Waals surface area contributed by atoms with Crippen molar-refractivity contribution in [3.63, 3.8) is 0 Å². The summed E-state index contributed by atoms with van der Waals surface area (Å²) in [4.78, 5) is 0. The fraction of sp³-hybridized carbons (Fsp3) is 0.778. The molecule has 0 aliphatic heterocycles. The van der Waals surface area contributed by atoms with E-state index in [1.54, 1.807) is 0 Å². The van der Waals surface area contributed by atoms with Crippen molar-refractivity contribution in [2.45, 2.75) is 58.9 Å². The Bertz CT molecular complexity index is 540. The highest BCUT2D eigenvalue weighted by molar-refractivity contribution is 5.41. The van der Waals surface area contributed by atoms with Crippen LogP contribution in [0.2, 0.25) is 0 Å². The molecule has 1 saturated carbocycles. The topological polar surface area (TPSA) is 112 Å². The van der Waals surface area contributed by atoms with E-state index in [1.165, 1.54) is 0 Å². The molecular weight excluding hydrogens is 286 g/mol. The van der Waals surface area contributed by atoms with Crippen molar-refractivity contribution in [3.05, 3.63) is 0 Å². The lowest BCUT2D eigenvalue weighted by Gasteiger charge is -2.29. The van der Waals surface area contributed by atoms with E-state index in [0.29, 0.717) is 6.42 Å². The summed E-state index contributed by atoms with van der Waals surface area (Å²) in [6, 6.07) is 8.14. The van der Waals surface area contributed by atoms with E-state index in [9.17, 15) is 21.0 Å². The van der Waals surface area contributed by atoms with Crippen LogP contribution in [-0.4, -0.2) is 12.6 Å². The number of hydrogen-bond acceptors (Lipinski definition) is 4. The number of nitrogens with two attached hydrogens (primary N) is 1. The van der Waals surface area contributed by atoms with Gasteiger partial charge in [-0.25, -0.2) is 0 Å². The van der Waals surface area contributed by atoms with Crippen molar-refractivity contribution in [1.82, 2.24) is 0 Å². The SMILES string of the molecule is CCCC[NH2+][C@H]1[C@H](CC)[C@H](CCC)C(C#N)(C#N)C1(C#N)C#N. The summed E-state index contributed by atoms with van der Waals surface area (Å²) in [5.74, 6) is -0.194. The first-order chi connectivity index (χ1) is 11.1. The van der Waals surface area contributed by atoms with Crippen LogP contribution >= 0.6 is 0 Å². The number of quaternary nitrogens is 1.